The average molecular weight is 307 g/mol. The summed E-state index contributed by atoms with van der Waals surface area (Å²) in [6.07, 6.45) is 1.45. The fraction of sp³-hybridized carbons (Fsp3) is 0.214. The summed E-state index contributed by atoms with van der Waals surface area (Å²) in [7, 11) is -3.31. The zero-order valence-electron chi connectivity index (χ0n) is 11.9. The second-order valence-corrected chi connectivity index (χ2v) is 6.04. The molecule has 2 aromatic rings. The standard InChI is InChI=1S/C14H18N3O3P/c1-3-19-21(18,16-13-7-5-4-6-8-13)17-15-11-14-10-9-12(2)20-14/h4-11H,3H2,1-2H3,(H2,16,17,18)/b15-11+. The van der Waals surface area contributed by atoms with Crippen LogP contribution in [0.25, 0.3) is 0 Å². The van der Waals surface area contributed by atoms with Crippen LogP contribution in [0.1, 0.15) is 18.4 Å². The lowest BCUT2D eigenvalue weighted by atomic mass is 10.3. The van der Waals surface area contributed by atoms with Crippen molar-refractivity contribution in [3.63, 3.8) is 0 Å². The van der Waals surface area contributed by atoms with Crippen LogP contribution in [0, 0.1) is 6.92 Å². The van der Waals surface area contributed by atoms with Gasteiger partial charge in [0.1, 0.15) is 11.5 Å². The molecule has 1 aromatic heterocycles. The molecule has 0 saturated carbocycles. The van der Waals surface area contributed by atoms with E-state index in [-0.39, 0.29) is 0 Å². The number of benzene rings is 1. The summed E-state index contributed by atoms with van der Waals surface area (Å²) in [5, 5.41) is 9.28. The summed E-state index contributed by atoms with van der Waals surface area (Å²) in [6.45, 7) is 3.90. The maximum Gasteiger partial charge on any atom is 0.407 e. The van der Waals surface area contributed by atoms with Crippen LogP contribution in [0.2, 0.25) is 0 Å². The summed E-state index contributed by atoms with van der Waals surface area (Å²) in [5.41, 5.74) is 0.686. The van der Waals surface area contributed by atoms with E-state index in [0.717, 1.165) is 5.76 Å². The number of hydrogen-bond acceptors (Lipinski definition) is 4. The molecule has 0 bridgehead atoms. The molecule has 2 N–H and O–H groups in total. The van der Waals surface area contributed by atoms with Crippen molar-refractivity contribution in [3.8, 4) is 0 Å². The van der Waals surface area contributed by atoms with E-state index in [9.17, 15) is 4.57 Å². The van der Waals surface area contributed by atoms with Crippen molar-refractivity contribution in [2.24, 2.45) is 5.10 Å². The Kier molecular flexibility index (Phi) is 5.20. The third-order valence-electron chi connectivity index (χ3n) is 2.50. The van der Waals surface area contributed by atoms with Crippen molar-refractivity contribution < 1.29 is 13.5 Å². The molecule has 112 valence electrons. The monoisotopic (exact) mass is 307 g/mol. The highest BCUT2D eigenvalue weighted by Gasteiger charge is 2.21. The lowest BCUT2D eigenvalue weighted by Crippen LogP contribution is -2.13. The first-order valence-electron chi connectivity index (χ1n) is 6.56. The van der Waals surface area contributed by atoms with E-state index in [2.05, 4.69) is 15.4 Å². The maximum atomic E-state index is 12.6. The number of nitrogens with zero attached hydrogens (tertiary/aromatic N) is 1. The molecule has 1 unspecified atom stereocenters. The van der Waals surface area contributed by atoms with Gasteiger partial charge in [-0.15, -0.1) is 0 Å². The molecule has 0 aliphatic heterocycles. The third-order valence-corrected chi connectivity index (χ3v) is 4.06. The fourth-order valence-corrected chi connectivity index (χ4v) is 2.88. The van der Waals surface area contributed by atoms with Gasteiger partial charge in [0.05, 0.1) is 12.8 Å². The minimum atomic E-state index is -3.31. The number of furan rings is 1. The molecule has 7 heteroatoms. The van der Waals surface area contributed by atoms with Crippen LogP contribution in [0.4, 0.5) is 5.69 Å². The topological polar surface area (TPSA) is 75.9 Å². The number of hydrogen-bond donors (Lipinski definition) is 2. The van der Waals surface area contributed by atoms with Crippen molar-refractivity contribution in [3.05, 3.63) is 54.0 Å². The predicted molar refractivity (Wildman–Crippen MR) is 83.5 cm³/mol. The summed E-state index contributed by atoms with van der Waals surface area (Å²) in [4.78, 5) is 0. The molecule has 1 atom stereocenters. The molecule has 0 aliphatic carbocycles. The van der Waals surface area contributed by atoms with Crippen LogP contribution in [-0.4, -0.2) is 12.8 Å². The number of rotatable bonds is 7. The van der Waals surface area contributed by atoms with Gasteiger partial charge in [0.25, 0.3) is 0 Å². The molecule has 0 fully saturated rings. The van der Waals surface area contributed by atoms with Crippen molar-refractivity contribution in [2.45, 2.75) is 13.8 Å². The first-order valence-corrected chi connectivity index (χ1v) is 8.18. The minimum absolute atomic E-state index is 0.291. The van der Waals surface area contributed by atoms with Crippen molar-refractivity contribution >= 4 is 19.6 Å². The molecule has 1 aromatic carbocycles. The van der Waals surface area contributed by atoms with Gasteiger partial charge < -0.3 is 4.42 Å². The minimum Gasteiger partial charge on any atom is -0.460 e. The quantitative estimate of drug-likeness (QED) is 0.462. The Morgan fingerprint density at radius 1 is 1.29 bits per heavy atom. The number of nitrogens with one attached hydrogen (secondary N) is 2. The fourth-order valence-electron chi connectivity index (χ4n) is 1.64. The summed E-state index contributed by atoms with van der Waals surface area (Å²) in [5.74, 6) is 1.36. The lowest BCUT2D eigenvalue weighted by Gasteiger charge is -2.18. The van der Waals surface area contributed by atoms with Gasteiger partial charge >= 0.3 is 7.67 Å². The Labute approximate surface area is 123 Å². The van der Waals surface area contributed by atoms with E-state index in [4.69, 9.17) is 8.94 Å². The normalized spacial score (nSPS) is 14.0. The Bertz CT molecular complexity index is 640. The van der Waals surface area contributed by atoms with Crippen LogP contribution in [0.3, 0.4) is 0 Å². The third kappa shape index (κ3) is 4.77. The summed E-state index contributed by atoms with van der Waals surface area (Å²) >= 11 is 0. The summed E-state index contributed by atoms with van der Waals surface area (Å²) in [6, 6.07) is 12.8. The largest absolute Gasteiger partial charge is 0.460 e. The first kappa shape index (κ1) is 15.4. The van der Waals surface area contributed by atoms with Gasteiger partial charge in [-0.1, -0.05) is 18.2 Å². The number of aryl methyl sites for hydroxylation is 1. The zero-order valence-corrected chi connectivity index (χ0v) is 12.8. The van der Waals surface area contributed by atoms with Crippen LogP contribution < -0.4 is 10.3 Å². The van der Waals surface area contributed by atoms with E-state index < -0.39 is 7.67 Å². The van der Waals surface area contributed by atoms with E-state index in [1.54, 1.807) is 25.1 Å². The Morgan fingerprint density at radius 2 is 2.05 bits per heavy atom. The van der Waals surface area contributed by atoms with Crippen LogP contribution in [0.15, 0.2) is 52.0 Å². The highest BCUT2D eigenvalue weighted by Crippen LogP contribution is 2.42. The molecule has 0 radical (unpaired) electrons. The Balaban J connectivity index is 2.04. The van der Waals surface area contributed by atoms with Gasteiger partial charge in [0.15, 0.2) is 0 Å². The van der Waals surface area contributed by atoms with Gasteiger partial charge in [-0.2, -0.15) is 5.10 Å². The molecule has 2 rings (SSSR count). The lowest BCUT2D eigenvalue weighted by molar-refractivity contribution is 0.329. The molecular weight excluding hydrogens is 289 g/mol. The van der Waals surface area contributed by atoms with Gasteiger partial charge in [-0.05, 0) is 38.1 Å². The average Bonchev–Trinajstić information content (AvgIpc) is 2.86. The van der Waals surface area contributed by atoms with Crippen LogP contribution >= 0.6 is 7.67 Å². The van der Waals surface area contributed by atoms with E-state index in [0.29, 0.717) is 18.1 Å². The SMILES string of the molecule is CCOP(=O)(N/N=C/c1ccc(C)o1)Nc1ccccc1. The van der Waals surface area contributed by atoms with E-state index in [1.165, 1.54) is 6.21 Å². The van der Waals surface area contributed by atoms with Crippen molar-refractivity contribution in [2.75, 3.05) is 11.7 Å². The zero-order chi connectivity index (χ0) is 15.1. The molecule has 0 amide bonds. The highest BCUT2D eigenvalue weighted by atomic mass is 31.2. The molecular formula is C14H18N3O3P. The van der Waals surface area contributed by atoms with Gasteiger partial charge in [0.2, 0.25) is 0 Å². The molecule has 1 heterocycles. The van der Waals surface area contributed by atoms with E-state index in [1.807, 2.05) is 31.2 Å². The number of para-hydroxylation sites is 1. The van der Waals surface area contributed by atoms with Crippen molar-refractivity contribution in [1.29, 1.82) is 0 Å². The van der Waals surface area contributed by atoms with Gasteiger partial charge in [-0.25, -0.2) is 9.76 Å². The Morgan fingerprint density at radius 3 is 2.67 bits per heavy atom. The smallest absolute Gasteiger partial charge is 0.407 e. The molecule has 21 heavy (non-hydrogen) atoms. The predicted octanol–water partition coefficient (Wildman–Crippen LogP) is 3.77. The van der Waals surface area contributed by atoms with Crippen molar-refractivity contribution in [1.82, 2.24) is 5.20 Å². The van der Waals surface area contributed by atoms with Crippen LogP contribution in [0.5, 0.6) is 0 Å². The number of hydrazone groups is 1. The van der Waals surface area contributed by atoms with Crippen LogP contribution in [-0.2, 0) is 9.09 Å². The molecule has 0 aliphatic rings. The van der Waals surface area contributed by atoms with E-state index >= 15 is 0 Å². The van der Waals surface area contributed by atoms with Gasteiger partial charge in [0, 0.05) is 5.69 Å². The highest BCUT2D eigenvalue weighted by molar-refractivity contribution is 7.58. The molecule has 6 nitrogen and oxygen atoms in total. The summed E-state index contributed by atoms with van der Waals surface area (Å²) < 4.78 is 23.2. The Hall–Kier alpha value is -2.04. The molecule has 0 spiro atoms. The second-order valence-electron chi connectivity index (χ2n) is 4.25. The number of anilines is 1. The second kappa shape index (κ2) is 7.11. The maximum absolute atomic E-state index is 12.6. The molecule has 0 saturated heterocycles. The van der Waals surface area contributed by atoms with Gasteiger partial charge in [-0.3, -0.25) is 9.61 Å². The first-order chi connectivity index (χ1) is 10.1.